The third-order valence-corrected chi connectivity index (χ3v) is 4.67. The Bertz CT molecular complexity index is 670. The molecule has 132 valence electrons. The first kappa shape index (κ1) is 17.7. The van der Waals surface area contributed by atoms with Crippen molar-refractivity contribution in [3.05, 3.63) is 64.9 Å². The highest BCUT2D eigenvalue weighted by molar-refractivity contribution is 6.30. The fourth-order valence-corrected chi connectivity index (χ4v) is 3.13. The van der Waals surface area contributed by atoms with Gasteiger partial charge in [-0.05, 0) is 42.2 Å². The van der Waals surface area contributed by atoms with E-state index in [1.54, 1.807) is 12.4 Å². The molecule has 0 saturated carbocycles. The Kier molecular flexibility index (Phi) is 6.25. The summed E-state index contributed by atoms with van der Waals surface area (Å²) in [6.45, 7) is 3.39. The van der Waals surface area contributed by atoms with Crippen molar-refractivity contribution in [1.82, 2.24) is 20.5 Å². The minimum Gasteiger partial charge on any atom is -0.335 e. The lowest BCUT2D eigenvalue weighted by molar-refractivity contribution is 0.186. The smallest absolute Gasteiger partial charge is 0.315 e. The minimum absolute atomic E-state index is 0.111. The summed E-state index contributed by atoms with van der Waals surface area (Å²) in [6.07, 6.45) is 5.42. The third kappa shape index (κ3) is 5.73. The number of urea groups is 1. The van der Waals surface area contributed by atoms with Gasteiger partial charge in [0.2, 0.25) is 0 Å². The summed E-state index contributed by atoms with van der Waals surface area (Å²) in [4.78, 5) is 18.5. The molecule has 0 aliphatic carbocycles. The third-order valence-electron chi connectivity index (χ3n) is 4.42. The summed E-state index contributed by atoms with van der Waals surface area (Å²) >= 11 is 5.92. The zero-order valence-corrected chi connectivity index (χ0v) is 14.9. The molecule has 1 aliphatic heterocycles. The topological polar surface area (TPSA) is 57.3 Å². The fourth-order valence-electron chi connectivity index (χ4n) is 3.00. The molecule has 1 aliphatic rings. The van der Waals surface area contributed by atoms with E-state index in [0.717, 1.165) is 43.1 Å². The Morgan fingerprint density at radius 1 is 1.16 bits per heavy atom. The number of carbonyl (C=O) groups is 1. The summed E-state index contributed by atoms with van der Waals surface area (Å²) in [5, 5.41) is 6.72. The molecule has 3 rings (SSSR count). The van der Waals surface area contributed by atoms with Crippen molar-refractivity contribution in [3.8, 4) is 0 Å². The molecule has 0 radical (unpaired) electrons. The van der Waals surface area contributed by atoms with Gasteiger partial charge in [0.05, 0.1) is 0 Å². The summed E-state index contributed by atoms with van der Waals surface area (Å²) in [6, 6.07) is 11.9. The van der Waals surface area contributed by atoms with Crippen molar-refractivity contribution >= 4 is 17.6 Å². The second-order valence-corrected chi connectivity index (χ2v) is 6.80. The number of nitrogens with zero attached hydrogens (tertiary/aromatic N) is 2. The molecule has 2 aromatic rings. The molecule has 1 aromatic heterocycles. The SMILES string of the molecule is O=C(NCc1cccnc1)NC1CCN(Cc2ccc(Cl)cc2)CC1. The number of likely N-dealkylation sites (tertiary alicyclic amines) is 1. The highest BCUT2D eigenvalue weighted by Crippen LogP contribution is 2.15. The summed E-state index contributed by atoms with van der Waals surface area (Å²) in [5.74, 6) is 0. The van der Waals surface area contributed by atoms with Gasteiger partial charge in [0.25, 0.3) is 0 Å². The van der Waals surface area contributed by atoms with Crippen LogP contribution in [0.2, 0.25) is 5.02 Å². The summed E-state index contributed by atoms with van der Waals surface area (Å²) in [5.41, 5.74) is 2.26. The first-order chi connectivity index (χ1) is 12.2. The van der Waals surface area contributed by atoms with Crippen LogP contribution in [0.4, 0.5) is 4.79 Å². The lowest BCUT2D eigenvalue weighted by atomic mass is 10.0. The average Bonchev–Trinajstić information content (AvgIpc) is 2.64. The van der Waals surface area contributed by atoms with Crippen LogP contribution in [-0.2, 0) is 13.1 Å². The number of hydrogen-bond donors (Lipinski definition) is 2. The molecule has 0 spiro atoms. The number of pyridine rings is 1. The predicted octanol–water partition coefficient (Wildman–Crippen LogP) is 3.20. The molecular formula is C19H23ClN4O. The zero-order chi connectivity index (χ0) is 17.5. The Morgan fingerprint density at radius 3 is 2.60 bits per heavy atom. The Morgan fingerprint density at radius 2 is 1.92 bits per heavy atom. The number of hydrogen-bond acceptors (Lipinski definition) is 3. The second kappa shape index (κ2) is 8.83. The van der Waals surface area contributed by atoms with Gasteiger partial charge in [-0.25, -0.2) is 4.79 Å². The van der Waals surface area contributed by atoms with Gasteiger partial charge in [0, 0.05) is 49.6 Å². The van der Waals surface area contributed by atoms with Gasteiger partial charge in [-0.3, -0.25) is 9.88 Å². The maximum absolute atomic E-state index is 12.0. The molecule has 2 N–H and O–H groups in total. The van der Waals surface area contributed by atoms with Crippen molar-refractivity contribution < 1.29 is 4.79 Å². The van der Waals surface area contributed by atoms with Gasteiger partial charge < -0.3 is 10.6 Å². The van der Waals surface area contributed by atoms with Crippen molar-refractivity contribution in [2.24, 2.45) is 0 Å². The van der Waals surface area contributed by atoms with Crippen LogP contribution < -0.4 is 10.6 Å². The molecule has 5 nitrogen and oxygen atoms in total. The van der Waals surface area contributed by atoms with E-state index >= 15 is 0 Å². The molecule has 2 heterocycles. The zero-order valence-electron chi connectivity index (χ0n) is 14.1. The monoisotopic (exact) mass is 358 g/mol. The molecule has 0 unspecified atom stereocenters. The Labute approximate surface area is 153 Å². The highest BCUT2D eigenvalue weighted by Gasteiger charge is 2.20. The first-order valence-electron chi connectivity index (χ1n) is 8.59. The largest absolute Gasteiger partial charge is 0.335 e. The van der Waals surface area contributed by atoms with Gasteiger partial charge in [-0.1, -0.05) is 29.8 Å². The van der Waals surface area contributed by atoms with E-state index in [4.69, 9.17) is 11.6 Å². The van der Waals surface area contributed by atoms with Crippen LogP contribution in [0.5, 0.6) is 0 Å². The summed E-state index contributed by atoms with van der Waals surface area (Å²) in [7, 11) is 0. The molecule has 6 heteroatoms. The van der Waals surface area contributed by atoms with E-state index in [2.05, 4.69) is 32.7 Å². The van der Waals surface area contributed by atoms with Crippen LogP contribution in [0.25, 0.3) is 0 Å². The number of benzene rings is 1. The average molecular weight is 359 g/mol. The molecule has 1 fully saturated rings. The normalized spacial score (nSPS) is 15.7. The van der Waals surface area contributed by atoms with Gasteiger partial charge >= 0.3 is 6.03 Å². The Balaban J connectivity index is 1.37. The number of piperidine rings is 1. The summed E-state index contributed by atoms with van der Waals surface area (Å²) < 4.78 is 0. The van der Waals surface area contributed by atoms with Gasteiger partial charge in [-0.15, -0.1) is 0 Å². The van der Waals surface area contributed by atoms with Crippen LogP contribution in [0.1, 0.15) is 24.0 Å². The van der Waals surface area contributed by atoms with Gasteiger partial charge in [0.1, 0.15) is 0 Å². The standard InChI is InChI=1S/C19H23ClN4O/c20-17-5-3-15(4-6-17)14-24-10-7-18(8-11-24)23-19(25)22-13-16-2-1-9-21-12-16/h1-6,9,12,18H,7-8,10-11,13-14H2,(H2,22,23,25). The molecule has 1 saturated heterocycles. The Hall–Kier alpha value is -2.11. The predicted molar refractivity (Wildman–Crippen MR) is 99.4 cm³/mol. The van der Waals surface area contributed by atoms with Crippen LogP contribution in [0.15, 0.2) is 48.8 Å². The first-order valence-corrected chi connectivity index (χ1v) is 8.97. The number of carbonyl (C=O) groups excluding carboxylic acids is 1. The van der Waals surface area contributed by atoms with Gasteiger partial charge in [0.15, 0.2) is 0 Å². The number of nitrogens with one attached hydrogen (secondary N) is 2. The van der Waals surface area contributed by atoms with Crippen LogP contribution >= 0.6 is 11.6 Å². The van der Waals surface area contributed by atoms with E-state index in [9.17, 15) is 4.79 Å². The molecule has 25 heavy (non-hydrogen) atoms. The fraction of sp³-hybridized carbons (Fsp3) is 0.368. The van der Waals surface area contributed by atoms with Crippen molar-refractivity contribution in [2.45, 2.75) is 32.0 Å². The van der Waals surface area contributed by atoms with Crippen LogP contribution in [0.3, 0.4) is 0 Å². The lowest BCUT2D eigenvalue weighted by Crippen LogP contribution is -2.47. The number of aromatic nitrogens is 1. The number of amides is 2. The van der Waals surface area contributed by atoms with E-state index in [-0.39, 0.29) is 12.1 Å². The van der Waals surface area contributed by atoms with E-state index in [0.29, 0.717) is 6.54 Å². The number of rotatable bonds is 5. The van der Waals surface area contributed by atoms with Crippen molar-refractivity contribution in [2.75, 3.05) is 13.1 Å². The maximum atomic E-state index is 12.0. The number of halogens is 1. The van der Waals surface area contributed by atoms with Crippen molar-refractivity contribution in [3.63, 3.8) is 0 Å². The highest BCUT2D eigenvalue weighted by atomic mass is 35.5. The van der Waals surface area contributed by atoms with Crippen molar-refractivity contribution in [1.29, 1.82) is 0 Å². The lowest BCUT2D eigenvalue weighted by Gasteiger charge is -2.32. The quantitative estimate of drug-likeness (QED) is 0.863. The molecule has 1 aromatic carbocycles. The van der Waals surface area contributed by atoms with E-state index in [1.807, 2.05) is 24.3 Å². The molecule has 0 atom stereocenters. The van der Waals surface area contributed by atoms with E-state index < -0.39 is 0 Å². The molecule has 0 bridgehead atoms. The molecular weight excluding hydrogens is 336 g/mol. The molecule has 2 amide bonds. The van der Waals surface area contributed by atoms with Crippen LogP contribution in [0, 0.1) is 0 Å². The minimum atomic E-state index is -0.111. The van der Waals surface area contributed by atoms with Gasteiger partial charge in [-0.2, -0.15) is 0 Å². The second-order valence-electron chi connectivity index (χ2n) is 6.37. The van der Waals surface area contributed by atoms with Crippen LogP contribution in [-0.4, -0.2) is 35.0 Å². The van der Waals surface area contributed by atoms with E-state index in [1.165, 1.54) is 5.56 Å². The maximum Gasteiger partial charge on any atom is 0.315 e.